The van der Waals surface area contributed by atoms with Gasteiger partial charge in [-0.3, -0.25) is 4.99 Å². The second kappa shape index (κ2) is 12.0. The van der Waals surface area contributed by atoms with Gasteiger partial charge in [0.1, 0.15) is 5.01 Å². The highest BCUT2D eigenvalue weighted by Gasteiger charge is 2.15. The number of rotatable bonds is 8. The van der Waals surface area contributed by atoms with Gasteiger partial charge in [0, 0.05) is 25.6 Å². The summed E-state index contributed by atoms with van der Waals surface area (Å²) in [5, 5.41) is 9.72. The predicted molar refractivity (Wildman–Crippen MR) is 110 cm³/mol. The van der Waals surface area contributed by atoms with E-state index in [9.17, 15) is 0 Å². The third kappa shape index (κ3) is 7.62. The first-order valence-electron chi connectivity index (χ1n) is 8.27. The lowest BCUT2D eigenvalue weighted by molar-refractivity contribution is 0.0191. The summed E-state index contributed by atoms with van der Waals surface area (Å²) < 4.78 is 11.1. The molecule has 24 heavy (non-hydrogen) atoms. The molecule has 1 saturated heterocycles. The van der Waals surface area contributed by atoms with Gasteiger partial charge >= 0.3 is 0 Å². The van der Waals surface area contributed by atoms with Crippen molar-refractivity contribution < 1.29 is 9.47 Å². The van der Waals surface area contributed by atoms with E-state index in [1.165, 1.54) is 0 Å². The van der Waals surface area contributed by atoms with Gasteiger partial charge in [0.25, 0.3) is 0 Å². The molecule has 1 aromatic rings. The monoisotopic (exact) mass is 468 g/mol. The Morgan fingerprint density at radius 1 is 1.50 bits per heavy atom. The lowest BCUT2D eigenvalue weighted by Crippen LogP contribution is -2.38. The van der Waals surface area contributed by atoms with Crippen LogP contribution in [0.15, 0.2) is 10.4 Å². The van der Waals surface area contributed by atoms with Gasteiger partial charge < -0.3 is 20.1 Å². The highest BCUT2D eigenvalue weighted by molar-refractivity contribution is 14.0. The van der Waals surface area contributed by atoms with Crippen molar-refractivity contribution in [2.45, 2.75) is 45.3 Å². The van der Waals surface area contributed by atoms with Crippen molar-refractivity contribution in [2.24, 2.45) is 4.99 Å². The van der Waals surface area contributed by atoms with Gasteiger partial charge in [-0.2, -0.15) is 0 Å². The molecule has 1 atom stereocenters. The Kier molecular flexibility index (Phi) is 10.8. The van der Waals surface area contributed by atoms with E-state index in [1.54, 1.807) is 18.4 Å². The maximum Gasteiger partial charge on any atom is 0.191 e. The molecule has 0 bridgehead atoms. The van der Waals surface area contributed by atoms with E-state index < -0.39 is 0 Å². The molecule has 0 aromatic carbocycles. The summed E-state index contributed by atoms with van der Waals surface area (Å²) in [7, 11) is 1.77. The summed E-state index contributed by atoms with van der Waals surface area (Å²) >= 11 is 1.68. The summed E-state index contributed by atoms with van der Waals surface area (Å²) in [4.78, 5) is 8.82. The van der Waals surface area contributed by atoms with Crippen molar-refractivity contribution in [1.29, 1.82) is 0 Å². The fraction of sp³-hybridized carbons (Fsp3) is 0.750. The predicted octanol–water partition coefficient (Wildman–Crippen LogP) is 2.75. The zero-order valence-electron chi connectivity index (χ0n) is 14.7. The molecule has 2 heterocycles. The summed E-state index contributed by atoms with van der Waals surface area (Å²) in [5.41, 5.74) is 1.15. The molecular weight excluding hydrogens is 439 g/mol. The summed E-state index contributed by atoms with van der Waals surface area (Å²) in [6.07, 6.45) is 2.55. The Hall–Kier alpha value is -0.450. The fourth-order valence-corrected chi connectivity index (χ4v) is 3.18. The van der Waals surface area contributed by atoms with Gasteiger partial charge in [-0.25, -0.2) is 4.98 Å². The molecule has 1 aliphatic heterocycles. The molecule has 0 spiro atoms. The van der Waals surface area contributed by atoms with E-state index in [2.05, 4.69) is 39.8 Å². The second-order valence-electron chi connectivity index (χ2n) is 5.88. The number of ether oxygens (including phenoxy) is 2. The van der Waals surface area contributed by atoms with E-state index >= 15 is 0 Å². The fourth-order valence-electron chi connectivity index (χ4n) is 2.28. The largest absolute Gasteiger partial charge is 0.377 e. The molecule has 138 valence electrons. The van der Waals surface area contributed by atoms with Crippen LogP contribution in [0.5, 0.6) is 0 Å². The standard InChI is InChI=1S/C16H28N4O2S.HI/c1-12(2)14-11-23-15(20-14)9-19-16(17-3)18-6-8-21-10-13-5-4-7-22-13;/h11-13H,4-10H2,1-3H3,(H2,17,18,19);1H. The van der Waals surface area contributed by atoms with E-state index in [0.29, 0.717) is 25.7 Å². The van der Waals surface area contributed by atoms with Crippen LogP contribution in [0.2, 0.25) is 0 Å². The smallest absolute Gasteiger partial charge is 0.191 e. The summed E-state index contributed by atoms with van der Waals surface area (Å²) in [5.74, 6) is 1.24. The number of thiazole rings is 1. The number of halogens is 1. The Labute approximate surface area is 165 Å². The van der Waals surface area contributed by atoms with Crippen molar-refractivity contribution in [1.82, 2.24) is 15.6 Å². The van der Waals surface area contributed by atoms with Crippen molar-refractivity contribution >= 4 is 41.3 Å². The van der Waals surface area contributed by atoms with Gasteiger partial charge in [0.15, 0.2) is 5.96 Å². The van der Waals surface area contributed by atoms with Gasteiger partial charge in [-0.1, -0.05) is 13.8 Å². The van der Waals surface area contributed by atoms with Crippen LogP contribution in [-0.4, -0.2) is 50.5 Å². The van der Waals surface area contributed by atoms with Gasteiger partial charge in [-0.15, -0.1) is 35.3 Å². The van der Waals surface area contributed by atoms with Crippen molar-refractivity contribution in [3.63, 3.8) is 0 Å². The SMILES string of the molecule is CN=C(NCCOCC1CCCO1)NCc1nc(C(C)C)cs1.I. The Morgan fingerprint density at radius 2 is 2.33 bits per heavy atom. The highest BCUT2D eigenvalue weighted by atomic mass is 127. The first-order chi connectivity index (χ1) is 11.2. The quantitative estimate of drug-likeness (QED) is 0.266. The average molecular weight is 468 g/mol. The molecule has 1 fully saturated rings. The molecule has 1 aliphatic rings. The molecule has 0 aliphatic carbocycles. The average Bonchev–Trinajstić information content (AvgIpc) is 3.21. The van der Waals surface area contributed by atoms with Crippen LogP contribution < -0.4 is 10.6 Å². The van der Waals surface area contributed by atoms with Gasteiger partial charge in [0.05, 0.1) is 31.6 Å². The first kappa shape index (κ1) is 21.6. The summed E-state index contributed by atoms with van der Waals surface area (Å²) in [6, 6.07) is 0. The number of aliphatic imine (C=N–C) groups is 1. The normalized spacial score (nSPS) is 17.8. The second-order valence-corrected chi connectivity index (χ2v) is 6.83. The highest BCUT2D eigenvalue weighted by Crippen LogP contribution is 2.17. The van der Waals surface area contributed by atoms with Crippen LogP contribution in [0.4, 0.5) is 0 Å². The lowest BCUT2D eigenvalue weighted by Gasteiger charge is -2.13. The molecule has 1 aromatic heterocycles. The third-order valence-electron chi connectivity index (χ3n) is 3.66. The van der Waals surface area contributed by atoms with Gasteiger partial charge in [-0.05, 0) is 18.8 Å². The number of hydrogen-bond donors (Lipinski definition) is 2. The maximum absolute atomic E-state index is 5.62. The molecule has 0 saturated carbocycles. The summed E-state index contributed by atoms with van der Waals surface area (Å²) in [6.45, 7) is 7.93. The molecule has 0 amide bonds. The molecule has 6 nitrogen and oxygen atoms in total. The minimum Gasteiger partial charge on any atom is -0.377 e. The molecule has 0 radical (unpaired) electrons. The van der Waals surface area contributed by atoms with Crippen LogP contribution in [-0.2, 0) is 16.0 Å². The zero-order valence-corrected chi connectivity index (χ0v) is 17.9. The molecular formula is C16H29IN4O2S. The number of hydrogen-bond acceptors (Lipinski definition) is 5. The Balaban J connectivity index is 0.00000288. The van der Waals surface area contributed by atoms with Crippen molar-refractivity contribution in [3.8, 4) is 0 Å². The minimum absolute atomic E-state index is 0. The van der Waals surface area contributed by atoms with Crippen molar-refractivity contribution in [2.75, 3.05) is 33.4 Å². The number of guanidine groups is 1. The minimum atomic E-state index is 0. The van der Waals surface area contributed by atoms with Crippen LogP contribution in [0.25, 0.3) is 0 Å². The maximum atomic E-state index is 5.62. The van der Waals surface area contributed by atoms with Crippen molar-refractivity contribution in [3.05, 3.63) is 16.1 Å². The molecule has 1 unspecified atom stereocenters. The zero-order chi connectivity index (χ0) is 16.5. The molecule has 2 rings (SSSR count). The molecule has 2 N–H and O–H groups in total. The van der Waals surface area contributed by atoms with E-state index in [4.69, 9.17) is 9.47 Å². The van der Waals surface area contributed by atoms with Gasteiger partial charge in [0.2, 0.25) is 0 Å². The van der Waals surface area contributed by atoms with Crippen LogP contribution >= 0.6 is 35.3 Å². The van der Waals surface area contributed by atoms with Crippen LogP contribution in [0.1, 0.15) is 43.3 Å². The number of aromatic nitrogens is 1. The third-order valence-corrected chi connectivity index (χ3v) is 4.53. The lowest BCUT2D eigenvalue weighted by atomic mass is 10.2. The van der Waals surface area contributed by atoms with E-state index in [1.807, 2.05) is 0 Å². The number of nitrogens with one attached hydrogen (secondary N) is 2. The molecule has 8 heteroatoms. The Bertz CT molecular complexity index is 490. The first-order valence-corrected chi connectivity index (χ1v) is 9.15. The van der Waals surface area contributed by atoms with E-state index in [-0.39, 0.29) is 30.1 Å². The van der Waals surface area contributed by atoms with E-state index in [0.717, 1.165) is 42.7 Å². The topological polar surface area (TPSA) is 67.8 Å². The number of nitrogens with zero attached hydrogens (tertiary/aromatic N) is 2. The Morgan fingerprint density at radius 3 is 2.96 bits per heavy atom. The van der Waals surface area contributed by atoms with Crippen LogP contribution in [0, 0.1) is 0 Å². The van der Waals surface area contributed by atoms with Crippen LogP contribution in [0.3, 0.4) is 0 Å².